The predicted octanol–water partition coefficient (Wildman–Crippen LogP) is 2.09. The maximum atomic E-state index is 12.1. The topological polar surface area (TPSA) is 49.4 Å². The summed E-state index contributed by atoms with van der Waals surface area (Å²) in [4.78, 5) is 2.61. The van der Waals surface area contributed by atoms with E-state index in [9.17, 15) is 8.42 Å². The molecule has 1 atom stereocenters. The maximum Gasteiger partial charge on any atom is 0.240 e. The second-order valence-corrected chi connectivity index (χ2v) is 6.36. The van der Waals surface area contributed by atoms with Gasteiger partial charge in [-0.2, -0.15) is 0 Å². The zero-order valence-corrected chi connectivity index (χ0v) is 12.8. The number of sulfonamides is 1. The SMILES string of the molecule is CCN(CC)CC[C@H](C)NS(=O)(=O)c1ccccc1. The normalized spacial score (nSPS) is 13.7. The molecule has 0 saturated carbocycles. The van der Waals surface area contributed by atoms with Gasteiger partial charge in [-0.05, 0) is 45.1 Å². The molecule has 19 heavy (non-hydrogen) atoms. The van der Waals surface area contributed by atoms with Crippen LogP contribution < -0.4 is 4.72 Å². The van der Waals surface area contributed by atoms with E-state index in [4.69, 9.17) is 0 Å². The Kier molecular flexibility index (Phi) is 6.48. The third kappa shape index (κ3) is 5.30. The Labute approximate surface area is 116 Å². The summed E-state index contributed by atoms with van der Waals surface area (Å²) < 4.78 is 26.9. The van der Waals surface area contributed by atoms with E-state index in [0.29, 0.717) is 4.90 Å². The lowest BCUT2D eigenvalue weighted by atomic mass is 10.2. The molecular formula is C14H24N2O2S. The Bertz CT molecular complexity index is 456. The largest absolute Gasteiger partial charge is 0.304 e. The van der Waals surface area contributed by atoms with Crippen molar-refractivity contribution in [3.63, 3.8) is 0 Å². The van der Waals surface area contributed by atoms with Gasteiger partial charge in [0.15, 0.2) is 0 Å². The smallest absolute Gasteiger partial charge is 0.240 e. The molecule has 0 amide bonds. The van der Waals surface area contributed by atoms with Crippen molar-refractivity contribution in [2.45, 2.75) is 38.1 Å². The van der Waals surface area contributed by atoms with Crippen LogP contribution in [0.5, 0.6) is 0 Å². The van der Waals surface area contributed by atoms with E-state index in [1.165, 1.54) is 0 Å². The molecule has 0 heterocycles. The molecule has 0 aliphatic carbocycles. The summed E-state index contributed by atoms with van der Waals surface area (Å²) in [6.45, 7) is 9.03. The molecule has 5 heteroatoms. The van der Waals surface area contributed by atoms with Gasteiger partial charge in [-0.15, -0.1) is 0 Å². The van der Waals surface area contributed by atoms with E-state index in [0.717, 1.165) is 26.1 Å². The summed E-state index contributed by atoms with van der Waals surface area (Å²) in [5.74, 6) is 0. The van der Waals surface area contributed by atoms with Crippen LogP contribution in [-0.2, 0) is 10.0 Å². The molecule has 1 aromatic carbocycles. The number of nitrogens with one attached hydrogen (secondary N) is 1. The fourth-order valence-corrected chi connectivity index (χ4v) is 3.21. The van der Waals surface area contributed by atoms with E-state index < -0.39 is 10.0 Å². The van der Waals surface area contributed by atoms with Crippen molar-refractivity contribution >= 4 is 10.0 Å². The highest BCUT2D eigenvalue weighted by Gasteiger charge is 2.16. The zero-order chi connectivity index (χ0) is 14.3. The molecule has 1 N–H and O–H groups in total. The van der Waals surface area contributed by atoms with Crippen LogP contribution in [0.2, 0.25) is 0 Å². The van der Waals surface area contributed by atoms with Gasteiger partial charge in [0, 0.05) is 6.04 Å². The Morgan fingerprint density at radius 2 is 1.74 bits per heavy atom. The van der Waals surface area contributed by atoms with Crippen LogP contribution in [-0.4, -0.2) is 39.0 Å². The quantitative estimate of drug-likeness (QED) is 0.795. The first-order valence-electron chi connectivity index (χ1n) is 6.79. The van der Waals surface area contributed by atoms with Crippen LogP contribution in [0.25, 0.3) is 0 Å². The molecular weight excluding hydrogens is 260 g/mol. The summed E-state index contributed by atoms with van der Waals surface area (Å²) in [5.41, 5.74) is 0. The number of hydrogen-bond donors (Lipinski definition) is 1. The van der Waals surface area contributed by atoms with Gasteiger partial charge in [-0.1, -0.05) is 32.0 Å². The summed E-state index contributed by atoms with van der Waals surface area (Å²) in [6, 6.07) is 8.43. The first kappa shape index (κ1) is 16.1. The van der Waals surface area contributed by atoms with Crippen molar-refractivity contribution < 1.29 is 8.42 Å². The highest BCUT2D eigenvalue weighted by Crippen LogP contribution is 2.09. The van der Waals surface area contributed by atoms with E-state index >= 15 is 0 Å². The van der Waals surface area contributed by atoms with Crippen molar-refractivity contribution in [1.29, 1.82) is 0 Å². The fourth-order valence-electron chi connectivity index (χ4n) is 1.91. The molecule has 1 aromatic rings. The number of nitrogens with zero attached hydrogens (tertiary/aromatic N) is 1. The third-order valence-electron chi connectivity index (χ3n) is 3.18. The van der Waals surface area contributed by atoms with Crippen molar-refractivity contribution in [3.05, 3.63) is 30.3 Å². The first-order valence-corrected chi connectivity index (χ1v) is 8.27. The molecule has 0 aromatic heterocycles. The van der Waals surface area contributed by atoms with Crippen LogP contribution in [0.15, 0.2) is 35.2 Å². The van der Waals surface area contributed by atoms with Crippen LogP contribution in [0.3, 0.4) is 0 Å². The van der Waals surface area contributed by atoms with Crippen molar-refractivity contribution in [2.75, 3.05) is 19.6 Å². The van der Waals surface area contributed by atoms with E-state index in [-0.39, 0.29) is 6.04 Å². The molecule has 0 aliphatic rings. The van der Waals surface area contributed by atoms with E-state index in [1.807, 2.05) is 13.0 Å². The maximum absolute atomic E-state index is 12.1. The molecule has 0 aliphatic heterocycles. The first-order chi connectivity index (χ1) is 8.99. The molecule has 1 rings (SSSR count). The zero-order valence-electron chi connectivity index (χ0n) is 12.0. The highest BCUT2D eigenvalue weighted by atomic mass is 32.2. The monoisotopic (exact) mass is 284 g/mol. The van der Waals surface area contributed by atoms with Crippen LogP contribution in [0.4, 0.5) is 0 Å². The molecule has 108 valence electrons. The molecule has 0 radical (unpaired) electrons. The standard InChI is InChI=1S/C14H24N2O2S/c1-4-16(5-2)12-11-13(3)15-19(17,18)14-9-7-6-8-10-14/h6-10,13,15H,4-5,11-12H2,1-3H3/t13-/m0/s1. The van der Waals surface area contributed by atoms with E-state index in [1.54, 1.807) is 24.3 Å². The Morgan fingerprint density at radius 1 is 1.16 bits per heavy atom. The lowest BCUT2D eigenvalue weighted by Crippen LogP contribution is -2.36. The molecule has 0 saturated heterocycles. The molecule has 0 spiro atoms. The molecule has 0 unspecified atom stereocenters. The van der Waals surface area contributed by atoms with Crippen molar-refractivity contribution in [1.82, 2.24) is 9.62 Å². The van der Waals surface area contributed by atoms with Crippen LogP contribution >= 0.6 is 0 Å². The second kappa shape index (κ2) is 7.62. The lowest BCUT2D eigenvalue weighted by Gasteiger charge is -2.21. The fraction of sp³-hybridized carbons (Fsp3) is 0.571. The van der Waals surface area contributed by atoms with Gasteiger partial charge >= 0.3 is 0 Å². The van der Waals surface area contributed by atoms with Crippen molar-refractivity contribution in [2.24, 2.45) is 0 Å². The molecule has 4 nitrogen and oxygen atoms in total. The Morgan fingerprint density at radius 3 is 2.26 bits per heavy atom. The summed E-state index contributed by atoms with van der Waals surface area (Å²) in [5, 5.41) is 0. The summed E-state index contributed by atoms with van der Waals surface area (Å²) in [6.07, 6.45) is 0.813. The molecule has 0 bridgehead atoms. The van der Waals surface area contributed by atoms with Crippen LogP contribution in [0, 0.1) is 0 Å². The molecule has 0 fully saturated rings. The second-order valence-electron chi connectivity index (χ2n) is 4.65. The number of rotatable bonds is 8. The van der Waals surface area contributed by atoms with Gasteiger partial charge in [-0.3, -0.25) is 0 Å². The third-order valence-corrected chi connectivity index (χ3v) is 4.79. The summed E-state index contributed by atoms with van der Waals surface area (Å²) >= 11 is 0. The predicted molar refractivity (Wildman–Crippen MR) is 78.6 cm³/mol. The minimum Gasteiger partial charge on any atom is -0.304 e. The number of hydrogen-bond acceptors (Lipinski definition) is 3. The van der Waals surface area contributed by atoms with Gasteiger partial charge in [0.1, 0.15) is 0 Å². The van der Waals surface area contributed by atoms with Gasteiger partial charge in [0.2, 0.25) is 10.0 Å². The average molecular weight is 284 g/mol. The Balaban J connectivity index is 2.54. The van der Waals surface area contributed by atoms with Gasteiger partial charge in [-0.25, -0.2) is 13.1 Å². The van der Waals surface area contributed by atoms with Gasteiger partial charge in [0.25, 0.3) is 0 Å². The lowest BCUT2D eigenvalue weighted by molar-refractivity contribution is 0.290. The summed E-state index contributed by atoms with van der Waals surface area (Å²) in [7, 11) is -3.39. The van der Waals surface area contributed by atoms with Gasteiger partial charge < -0.3 is 4.90 Å². The minimum absolute atomic E-state index is 0.0641. The van der Waals surface area contributed by atoms with E-state index in [2.05, 4.69) is 23.5 Å². The van der Waals surface area contributed by atoms with Crippen molar-refractivity contribution in [3.8, 4) is 0 Å². The minimum atomic E-state index is -3.39. The average Bonchev–Trinajstić information content (AvgIpc) is 2.40. The van der Waals surface area contributed by atoms with Gasteiger partial charge in [0.05, 0.1) is 4.90 Å². The Hall–Kier alpha value is -0.910. The number of benzene rings is 1. The highest BCUT2D eigenvalue weighted by molar-refractivity contribution is 7.89. The van der Waals surface area contributed by atoms with Crippen LogP contribution in [0.1, 0.15) is 27.2 Å².